The average Bonchev–Trinajstić information content (AvgIpc) is 3.24. The summed E-state index contributed by atoms with van der Waals surface area (Å²) in [7, 11) is 1.89. The van der Waals surface area contributed by atoms with Crippen molar-refractivity contribution in [1.82, 2.24) is 20.0 Å². The van der Waals surface area contributed by atoms with Crippen molar-refractivity contribution in [3.05, 3.63) is 29.6 Å². The lowest BCUT2D eigenvalue weighted by atomic mass is 9.88. The monoisotopic (exact) mass is 374 g/mol. The number of likely N-dealkylation sites (tertiary alicyclic amines) is 1. The number of aryl methyl sites for hydroxylation is 2. The van der Waals surface area contributed by atoms with Crippen LogP contribution in [0.3, 0.4) is 0 Å². The number of allylic oxidation sites excluding steroid dienone is 1. The zero-order valence-corrected chi connectivity index (χ0v) is 17.0. The van der Waals surface area contributed by atoms with Crippen LogP contribution in [0.1, 0.15) is 51.5 Å². The largest absolute Gasteiger partial charge is 0.370 e. The van der Waals surface area contributed by atoms with Gasteiger partial charge in [-0.2, -0.15) is 5.10 Å². The molecule has 1 spiro atoms. The van der Waals surface area contributed by atoms with E-state index >= 15 is 0 Å². The Morgan fingerprint density at radius 3 is 2.81 bits per heavy atom. The number of hydrogen-bond acceptors (Lipinski definition) is 4. The van der Waals surface area contributed by atoms with E-state index in [9.17, 15) is 4.79 Å². The maximum atomic E-state index is 12.1. The zero-order valence-electron chi connectivity index (χ0n) is 17.0. The number of carbonyl (C=O) groups is 1. The summed E-state index contributed by atoms with van der Waals surface area (Å²) in [6, 6.07) is 0. The Hall–Kier alpha value is -1.66. The van der Waals surface area contributed by atoms with Crippen molar-refractivity contribution in [1.29, 1.82) is 0 Å². The summed E-state index contributed by atoms with van der Waals surface area (Å²) in [6.45, 7) is 8.20. The molecule has 27 heavy (non-hydrogen) atoms. The van der Waals surface area contributed by atoms with Crippen molar-refractivity contribution in [3.8, 4) is 0 Å². The molecule has 6 nitrogen and oxygen atoms in total. The van der Waals surface area contributed by atoms with Crippen LogP contribution < -0.4 is 5.32 Å². The van der Waals surface area contributed by atoms with E-state index in [1.54, 1.807) is 4.68 Å². The summed E-state index contributed by atoms with van der Waals surface area (Å²) in [5.74, 6) is 0.0972. The van der Waals surface area contributed by atoms with Crippen LogP contribution in [0, 0.1) is 0 Å². The number of rotatable bonds is 7. The van der Waals surface area contributed by atoms with Gasteiger partial charge in [0.2, 0.25) is 5.91 Å². The molecule has 1 aromatic rings. The molecule has 6 heteroatoms. The highest BCUT2D eigenvalue weighted by Crippen LogP contribution is 2.38. The van der Waals surface area contributed by atoms with E-state index in [-0.39, 0.29) is 17.6 Å². The van der Waals surface area contributed by atoms with Crippen molar-refractivity contribution in [2.45, 2.75) is 64.1 Å². The number of nitrogens with zero attached hydrogens (tertiary/aromatic N) is 3. The van der Waals surface area contributed by atoms with Gasteiger partial charge < -0.3 is 10.1 Å². The minimum Gasteiger partial charge on any atom is -0.370 e. The number of hydrogen-bond donors (Lipinski definition) is 1. The van der Waals surface area contributed by atoms with E-state index in [4.69, 9.17) is 4.74 Å². The molecule has 0 bridgehead atoms. The van der Waals surface area contributed by atoms with Crippen molar-refractivity contribution in [3.63, 3.8) is 0 Å². The predicted octanol–water partition coefficient (Wildman–Crippen LogP) is 2.45. The van der Waals surface area contributed by atoms with Crippen molar-refractivity contribution < 1.29 is 9.53 Å². The molecule has 2 fully saturated rings. The summed E-state index contributed by atoms with van der Waals surface area (Å²) in [6.07, 6.45) is 11.9. The molecular weight excluding hydrogens is 340 g/mol. The first-order chi connectivity index (χ1) is 12.9. The topological polar surface area (TPSA) is 59.4 Å². The molecule has 150 valence electrons. The summed E-state index contributed by atoms with van der Waals surface area (Å²) in [5.41, 5.74) is 2.53. The maximum absolute atomic E-state index is 12.1. The molecule has 1 N–H and O–H groups in total. The van der Waals surface area contributed by atoms with E-state index in [2.05, 4.69) is 35.2 Å². The highest BCUT2D eigenvalue weighted by molar-refractivity contribution is 5.76. The Morgan fingerprint density at radius 2 is 2.15 bits per heavy atom. The first kappa shape index (κ1) is 20.1. The van der Waals surface area contributed by atoms with E-state index < -0.39 is 0 Å². The fraction of sp³-hybridized carbons (Fsp3) is 0.714. The average molecular weight is 375 g/mol. The predicted molar refractivity (Wildman–Crippen MR) is 106 cm³/mol. The highest BCUT2D eigenvalue weighted by Gasteiger charge is 2.42. The Labute approximate surface area is 162 Å². The van der Waals surface area contributed by atoms with Gasteiger partial charge in [0.05, 0.1) is 17.9 Å². The fourth-order valence-electron chi connectivity index (χ4n) is 4.04. The molecule has 0 saturated carbocycles. The number of carbonyl (C=O) groups excluding carboxylic acids is 1. The van der Waals surface area contributed by atoms with Crippen molar-refractivity contribution in [2.24, 2.45) is 7.05 Å². The molecular formula is C21H34N4O2. The third-order valence-electron chi connectivity index (χ3n) is 5.79. The number of piperidine rings is 1. The molecule has 2 aliphatic heterocycles. The van der Waals surface area contributed by atoms with Crippen LogP contribution in [0.15, 0.2) is 24.0 Å². The number of nitrogens with one attached hydrogen (secondary N) is 1. The number of ether oxygens (including phenoxy) is 1. The second-order valence-corrected chi connectivity index (χ2v) is 8.37. The molecule has 0 aromatic carbocycles. The quantitative estimate of drug-likeness (QED) is 0.745. The number of amides is 1. The van der Waals surface area contributed by atoms with E-state index in [1.807, 2.05) is 19.4 Å². The first-order valence-corrected chi connectivity index (χ1v) is 10.2. The smallest absolute Gasteiger partial charge is 0.220 e. The Kier molecular flexibility index (Phi) is 6.71. The normalized spacial score (nSPS) is 22.1. The van der Waals surface area contributed by atoms with Crippen LogP contribution in [-0.4, -0.2) is 58.5 Å². The molecule has 1 amide bonds. The minimum absolute atomic E-state index is 0.0482. The molecule has 0 aliphatic carbocycles. The van der Waals surface area contributed by atoms with E-state index in [1.165, 1.54) is 5.57 Å². The third kappa shape index (κ3) is 5.91. The van der Waals surface area contributed by atoms with Gasteiger partial charge in [-0.25, -0.2) is 0 Å². The Morgan fingerprint density at radius 1 is 1.37 bits per heavy atom. The van der Waals surface area contributed by atoms with Crippen LogP contribution >= 0.6 is 0 Å². The Balaban J connectivity index is 1.35. The SMILES string of the molecule is CC(C)=CCN1CCC2(CC[C@@H](CNC(=O)CCc3cnn(C)c3)O2)CC1. The van der Waals surface area contributed by atoms with Gasteiger partial charge >= 0.3 is 0 Å². The van der Waals surface area contributed by atoms with E-state index in [0.717, 1.165) is 57.3 Å². The van der Waals surface area contributed by atoms with Crippen LogP contribution in [-0.2, 0) is 23.0 Å². The minimum atomic E-state index is 0.0482. The van der Waals surface area contributed by atoms with Crippen molar-refractivity contribution >= 4 is 5.91 Å². The molecule has 2 saturated heterocycles. The number of aromatic nitrogens is 2. The standard InChI is InChI=1S/C21H34N4O2/c1-17(2)7-11-25-12-9-21(10-13-25)8-6-19(27-21)15-22-20(26)5-4-18-14-23-24(3)16-18/h7,14,16,19H,4-6,8-13,15H2,1-3H3,(H,22,26)/t19-/m0/s1. The zero-order chi connectivity index (χ0) is 19.3. The summed E-state index contributed by atoms with van der Waals surface area (Å²) >= 11 is 0. The van der Waals surface area contributed by atoms with Gasteiger partial charge in [0.15, 0.2) is 0 Å². The van der Waals surface area contributed by atoms with Crippen LogP contribution in [0.2, 0.25) is 0 Å². The van der Waals surface area contributed by atoms with Crippen LogP contribution in [0.5, 0.6) is 0 Å². The second-order valence-electron chi connectivity index (χ2n) is 8.37. The van der Waals surface area contributed by atoms with Crippen molar-refractivity contribution in [2.75, 3.05) is 26.2 Å². The van der Waals surface area contributed by atoms with Gasteiger partial charge in [-0.15, -0.1) is 0 Å². The lowest BCUT2D eigenvalue weighted by molar-refractivity contribution is -0.122. The Bertz CT molecular complexity index is 655. The van der Waals surface area contributed by atoms with Gasteiger partial charge in [0, 0.05) is 45.8 Å². The highest BCUT2D eigenvalue weighted by atomic mass is 16.5. The fourth-order valence-corrected chi connectivity index (χ4v) is 4.04. The second kappa shape index (κ2) is 9.02. The van der Waals surface area contributed by atoms with Gasteiger partial charge in [0.25, 0.3) is 0 Å². The maximum Gasteiger partial charge on any atom is 0.220 e. The third-order valence-corrected chi connectivity index (χ3v) is 5.79. The van der Waals surface area contributed by atoms with Gasteiger partial charge in [-0.3, -0.25) is 14.4 Å². The molecule has 0 radical (unpaired) electrons. The van der Waals surface area contributed by atoms with Gasteiger partial charge in [-0.1, -0.05) is 11.6 Å². The molecule has 1 atom stereocenters. The summed E-state index contributed by atoms with van der Waals surface area (Å²) in [5, 5.41) is 7.19. The lowest BCUT2D eigenvalue weighted by Gasteiger charge is -2.39. The molecule has 3 rings (SSSR count). The molecule has 1 aromatic heterocycles. The lowest BCUT2D eigenvalue weighted by Crippen LogP contribution is -2.45. The van der Waals surface area contributed by atoms with E-state index in [0.29, 0.717) is 13.0 Å². The first-order valence-electron chi connectivity index (χ1n) is 10.2. The van der Waals surface area contributed by atoms with Crippen LogP contribution in [0.4, 0.5) is 0 Å². The molecule has 3 heterocycles. The van der Waals surface area contributed by atoms with Crippen LogP contribution in [0.25, 0.3) is 0 Å². The van der Waals surface area contributed by atoms with Gasteiger partial charge in [-0.05, 0) is 51.5 Å². The molecule has 2 aliphatic rings. The molecule has 0 unspecified atom stereocenters. The summed E-state index contributed by atoms with van der Waals surface area (Å²) < 4.78 is 8.18. The van der Waals surface area contributed by atoms with Gasteiger partial charge in [0.1, 0.15) is 0 Å². The summed E-state index contributed by atoms with van der Waals surface area (Å²) in [4.78, 5) is 14.6.